The maximum absolute atomic E-state index is 12.9. The van der Waals surface area contributed by atoms with Gasteiger partial charge in [0.2, 0.25) is 0 Å². The molecular formula is C15H14ClF6NOS. The molecule has 25 heavy (non-hydrogen) atoms. The highest BCUT2D eigenvalue weighted by Crippen LogP contribution is 2.38. The van der Waals surface area contributed by atoms with Gasteiger partial charge in [-0.25, -0.2) is 0 Å². The summed E-state index contributed by atoms with van der Waals surface area (Å²) in [7, 11) is 0. The molecule has 0 aliphatic heterocycles. The van der Waals surface area contributed by atoms with Gasteiger partial charge in [-0.05, 0) is 37.3 Å². The Morgan fingerprint density at radius 2 is 1.76 bits per heavy atom. The molecule has 0 fully saturated rings. The predicted octanol–water partition coefficient (Wildman–Crippen LogP) is 5.73. The van der Waals surface area contributed by atoms with Gasteiger partial charge in [-0.1, -0.05) is 11.6 Å². The summed E-state index contributed by atoms with van der Waals surface area (Å²) in [5.74, 6) is -0.989. The van der Waals surface area contributed by atoms with E-state index < -0.39 is 34.3 Å². The second-order valence-electron chi connectivity index (χ2n) is 5.79. The van der Waals surface area contributed by atoms with Crippen LogP contribution in [-0.4, -0.2) is 27.8 Å². The average Bonchev–Trinajstić information content (AvgIpc) is 2.84. The van der Waals surface area contributed by atoms with E-state index >= 15 is 0 Å². The number of benzene rings is 1. The van der Waals surface area contributed by atoms with Crippen molar-refractivity contribution in [3.63, 3.8) is 0 Å². The summed E-state index contributed by atoms with van der Waals surface area (Å²) in [5, 5.41) is 10.3. The molecule has 0 aliphatic carbocycles. The second-order valence-corrected chi connectivity index (χ2v) is 7.30. The van der Waals surface area contributed by atoms with Gasteiger partial charge in [0, 0.05) is 16.6 Å². The first-order valence-electron chi connectivity index (χ1n) is 7.06. The number of halogens is 7. The molecule has 0 spiro atoms. The Hall–Kier alpha value is -1.06. The molecule has 0 aliphatic rings. The topological polar surface area (TPSA) is 36.0 Å². The molecule has 1 aromatic carbocycles. The Kier molecular flexibility index (Phi) is 5.61. The summed E-state index contributed by atoms with van der Waals surface area (Å²) in [6.07, 6.45) is -8.91. The minimum absolute atomic E-state index is 0.000425. The van der Waals surface area contributed by atoms with Crippen LogP contribution >= 0.6 is 23.4 Å². The highest BCUT2D eigenvalue weighted by atomic mass is 35.5. The fourth-order valence-corrected chi connectivity index (χ4v) is 3.45. The van der Waals surface area contributed by atoms with Gasteiger partial charge in [0.1, 0.15) is 5.60 Å². The number of H-pyrrole nitrogens is 1. The van der Waals surface area contributed by atoms with Gasteiger partial charge in [0.15, 0.2) is 0 Å². The Labute approximate surface area is 148 Å². The van der Waals surface area contributed by atoms with Crippen LogP contribution < -0.4 is 0 Å². The zero-order chi connectivity index (χ0) is 19.0. The van der Waals surface area contributed by atoms with Crippen molar-refractivity contribution in [3.05, 3.63) is 34.5 Å². The van der Waals surface area contributed by atoms with Crippen LogP contribution in [0.15, 0.2) is 18.2 Å². The van der Waals surface area contributed by atoms with Crippen LogP contribution in [0.25, 0.3) is 10.9 Å². The van der Waals surface area contributed by atoms with Gasteiger partial charge >= 0.3 is 12.4 Å². The summed E-state index contributed by atoms with van der Waals surface area (Å²) in [5.41, 5.74) is -2.17. The van der Waals surface area contributed by atoms with Crippen molar-refractivity contribution in [3.8, 4) is 0 Å². The number of aliphatic hydroxyl groups is 1. The van der Waals surface area contributed by atoms with E-state index in [2.05, 4.69) is 4.98 Å². The van der Waals surface area contributed by atoms with E-state index in [-0.39, 0.29) is 23.4 Å². The lowest BCUT2D eigenvalue weighted by Crippen LogP contribution is -2.23. The molecule has 1 heterocycles. The van der Waals surface area contributed by atoms with Crippen LogP contribution in [0.3, 0.4) is 0 Å². The minimum Gasteiger partial charge on any atom is -0.384 e. The van der Waals surface area contributed by atoms with Gasteiger partial charge in [-0.3, -0.25) is 0 Å². The molecule has 0 radical (unpaired) electrons. The Morgan fingerprint density at radius 1 is 1.12 bits per heavy atom. The van der Waals surface area contributed by atoms with Gasteiger partial charge in [-0.2, -0.15) is 38.1 Å². The van der Waals surface area contributed by atoms with Crippen molar-refractivity contribution in [2.45, 2.75) is 31.3 Å². The predicted molar refractivity (Wildman–Crippen MR) is 85.9 cm³/mol. The lowest BCUT2D eigenvalue weighted by atomic mass is 9.99. The molecule has 0 bridgehead atoms. The number of alkyl halides is 6. The Morgan fingerprint density at radius 3 is 2.32 bits per heavy atom. The SMILES string of the molecule is CC(O)(CCSCC(F)(F)F)c1cc2cc(Cl)c(C(F)(F)F)cc2[nH]1. The van der Waals surface area contributed by atoms with Crippen molar-refractivity contribution >= 4 is 34.3 Å². The highest BCUT2D eigenvalue weighted by molar-refractivity contribution is 7.99. The number of rotatable bonds is 5. The van der Waals surface area contributed by atoms with E-state index in [0.717, 1.165) is 12.1 Å². The van der Waals surface area contributed by atoms with Crippen molar-refractivity contribution in [1.29, 1.82) is 0 Å². The molecule has 10 heteroatoms. The molecule has 1 aromatic heterocycles. The van der Waals surface area contributed by atoms with E-state index in [4.69, 9.17) is 11.6 Å². The molecule has 0 saturated carbocycles. The van der Waals surface area contributed by atoms with Crippen LogP contribution in [0.4, 0.5) is 26.3 Å². The van der Waals surface area contributed by atoms with Crippen LogP contribution in [0.2, 0.25) is 5.02 Å². The number of fused-ring (bicyclic) bond motifs is 1. The Balaban J connectivity index is 2.19. The third-order valence-electron chi connectivity index (χ3n) is 3.59. The van der Waals surface area contributed by atoms with Crippen LogP contribution in [0.5, 0.6) is 0 Å². The molecule has 2 N–H and O–H groups in total. The van der Waals surface area contributed by atoms with Crippen LogP contribution in [0.1, 0.15) is 24.6 Å². The summed E-state index contributed by atoms with van der Waals surface area (Å²) < 4.78 is 75.0. The van der Waals surface area contributed by atoms with Crippen molar-refractivity contribution in [2.24, 2.45) is 0 Å². The molecular weight excluding hydrogens is 392 g/mol. The standard InChI is InChI=1S/C15H14ClF6NOS/c1-13(24,2-3-25-7-14(17,18)19)12-5-8-4-10(16)9(15(20,21)22)6-11(8)23-12/h4-6,23-24H,2-3,7H2,1H3. The molecule has 2 aromatic rings. The van der Waals surface area contributed by atoms with E-state index in [9.17, 15) is 31.4 Å². The number of hydrogen-bond donors (Lipinski definition) is 2. The first-order chi connectivity index (χ1) is 11.3. The Bertz CT molecular complexity index is 753. The van der Waals surface area contributed by atoms with Gasteiger partial charge in [0.05, 0.1) is 16.3 Å². The summed E-state index contributed by atoms with van der Waals surface area (Å²) in [4.78, 5) is 2.69. The van der Waals surface area contributed by atoms with Gasteiger partial charge in [0.25, 0.3) is 0 Å². The summed E-state index contributed by atoms with van der Waals surface area (Å²) >= 11 is 6.28. The van der Waals surface area contributed by atoms with Gasteiger partial charge in [-0.15, -0.1) is 0 Å². The molecule has 0 amide bonds. The number of aromatic nitrogens is 1. The first-order valence-corrected chi connectivity index (χ1v) is 8.60. The van der Waals surface area contributed by atoms with Crippen molar-refractivity contribution < 1.29 is 31.4 Å². The average molecular weight is 406 g/mol. The normalized spacial score (nSPS) is 15.6. The van der Waals surface area contributed by atoms with Gasteiger partial charge < -0.3 is 10.1 Å². The van der Waals surface area contributed by atoms with E-state index in [0.29, 0.717) is 17.1 Å². The quantitative estimate of drug-likeness (QED) is 0.492. The fraction of sp³-hybridized carbons (Fsp3) is 0.467. The molecule has 2 nitrogen and oxygen atoms in total. The van der Waals surface area contributed by atoms with E-state index in [1.165, 1.54) is 13.0 Å². The van der Waals surface area contributed by atoms with Crippen molar-refractivity contribution in [2.75, 3.05) is 11.5 Å². The smallest absolute Gasteiger partial charge is 0.384 e. The molecule has 1 unspecified atom stereocenters. The third-order valence-corrected chi connectivity index (χ3v) is 4.93. The van der Waals surface area contributed by atoms with E-state index in [1.807, 2.05) is 0 Å². The zero-order valence-electron chi connectivity index (χ0n) is 12.9. The van der Waals surface area contributed by atoms with Crippen LogP contribution in [-0.2, 0) is 11.8 Å². The molecule has 140 valence electrons. The second kappa shape index (κ2) is 6.92. The number of thioether (sulfide) groups is 1. The summed E-state index contributed by atoms with van der Waals surface area (Å²) in [6, 6.07) is 3.42. The maximum Gasteiger partial charge on any atom is 0.417 e. The largest absolute Gasteiger partial charge is 0.417 e. The number of nitrogens with one attached hydrogen (secondary N) is 1. The zero-order valence-corrected chi connectivity index (χ0v) is 14.4. The minimum atomic E-state index is -4.62. The third kappa shape index (κ3) is 5.21. The van der Waals surface area contributed by atoms with Crippen molar-refractivity contribution in [1.82, 2.24) is 4.98 Å². The highest BCUT2D eigenvalue weighted by Gasteiger charge is 2.34. The number of hydrogen-bond acceptors (Lipinski definition) is 2. The van der Waals surface area contributed by atoms with E-state index in [1.54, 1.807) is 0 Å². The molecule has 2 rings (SSSR count). The van der Waals surface area contributed by atoms with Crippen LogP contribution in [0, 0.1) is 0 Å². The molecule has 0 saturated heterocycles. The fourth-order valence-electron chi connectivity index (χ4n) is 2.25. The monoisotopic (exact) mass is 405 g/mol. The lowest BCUT2D eigenvalue weighted by Gasteiger charge is -2.22. The number of aromatic amines is 1. The summed E-state index contributed by atoms with van der Waals surface area (Å²) in [6.45, 7) is 1.39. The maximum atomic E-state index is 12.9. The first kappa shape index (κ1) is 20.3. The lowest BCUT2D eigenvalue weighted by molar-refractivity contribution is -0.137. The molecule has 1 atom stereocenters.